The molecule has 0 aromatic heterocycles. The predicted octanol–water partition coefficient (Wildman–Crippen LogP) is 3.96. The molecule has 26 heavy (non-hydrogen) atoms. The maximum Gasteiger partial charge on any atom is 0.0872 e. The molecule has 0 aromatic carbocycles. The maximum atomic E-state index is 2.48. The number of hydrogen-bond donors (Lipinski definition) is 1. The van der Waals surface area contributed by atoms with Gasteiger partial charge in [-0.1, -0.05) is 97.8 Å². The fourth-order valence-corrected chi connectivity index (χ4v) is 4.01. The van der Waals surface area contributed by atoms with Gasteiger partial charge in [-0.15, -0.1) is 0 Å². The fraction of sp³-hybridized carbons (Fsp3) is 1.00. The lowest BCUT2D eigenvalue weighted by atomic mass is 9.99. The van der Waals surface area contributed by atoms with Crippen molar-refractivity contribution in [3.05, 3.63) is 0 Å². The first-order valence-electron chi connectivity index (χ1n) is 12.1. The second-order valence-corrected chi connectivity index (χ2v) is 8.47. The zero-order valence-electron chi connectivity index (χ0n) is 18.9. The first-order valence-corrected chi connectivity index (χ1v) is 12.1. The highest BCUT2D eigenvalue weighted by Crippen LogP contribution is 2.11. The van der Waals surface area contributed by atoms with Crippen LogP contribution in [0.4, 0.5) is 0 Å². The number of hydrogen-bond acceptors (Lipinski definition) is 0. The molecule has 0 saturated heterocycles. The Morgan fingerprint density at radius 1 is 0.500 bits per heavy atom. The summed E-state index contributed by atoms with van der Waals surface area (Å²) < 4.78 is 0. The van der Waals surface area contributed by atoms with Gasteiger partial charge in [0.1, 0.15) is 0 Å². The second kappa shape index (κ2) is 23.3. The Labute approximate surface area is 173 Å². The molecule has 0 fully saturated rings. The molecule has 0 rings (SSSR count). The summed E-state index contributed by atoms with van der Waals surface area (Å²) in [7, 11) is 2.48. The van der Waals surface area contributed by atoms with Crippen molar-refractivity contribution in [2.45, 2.75) is 142 Å². The molecule has 160 valence electrons. The Kier molecular flexibility index (Phi) is 25.5. The van der Waals surface area contributed by atoms with Crippen molar-refractivity contribution in [3.63, 3.8) is 0 Å². The van der Waals surface area contributed by atoms with E-state index in [1.165, 1.54) is 122 Å². The monoisotopic (exact) mass is 389 g/mol. The van der Waals surface area contributed by atoms with Crippen LogP contribution in [-0.4, -0.2) is 19.6 Å². The Morgan fingerprint density at radius 2 is 0.846 bits per heavy atom. The van der Waals surface area contributed by atoms with E-state index in [2.05, 4.69) is 27.8 Å². The third kappa shape index (κ3) is 19.0. The van der Waals surface area contributed by atoms with Crippen LogP contribution in [0.5, 0.6) is 0 Å². The van der Waals surface area contributed by atoms with Crippen LogP contribution in [0.25, 0.3) is 0 Å². The van der Waals surface area contributed by atoms with Crippen LogP contribution in [-0.2, 0) is 0 Å². The zero-order valence-corrected chi connectivity index (χ0v) is 19.6. The molecule has 0 aliphatic rings. The average Bonchev–Trinajstić information content (AvgIpc) is 2.62. The molecule has 0 aromatic rings. The number of unbranched alkanes of at least 4 members (excludes halogenated alkanes) is 13. The summed E-state index contributed by atoms with van der Waals surface area (Å²) in [5, 5.41) is 0. The molecule has 0 bridgehead atoms. The van der Waals surface area contributed by atoms with E-state index in [0.29, 0.717) is 0 Å². The molecule has 1 N–H and O–H groups in total. The Balaban J connectivity index is 0. The van der Waals surface area contributed by atoms with E-state index in [-0.39, 0.29) is 12.4 Å². The summed E-state index contributed by atoms with van der Waals surface area (Å²) in [4.78, 5) is 1.83. The molecule has 0 aliphatic heterocycles. The van der Waals surface area contributed by atoms with E-state index >= 15 is 0 Å². The molecule has 1 nitrogen and oxygen atoms in total. The summed E-state index contributed by atoms with van der Waals surface area (Å²) in [6, 6.07) is 0.929. The SMILES string of the molecule is CCCCCCCCCC[NH+](C)C(CCCCCC)CCCCCC.[Cl-]. The molecule has 0 saturated carbocycles. The van der Waals surface area contributed by atoms with Crippen LogP contribution in [0.15, 0.2) is 0 Å². The average molecular weight is 390 g/mol. The van der Waals surface area contributed by atoms with Crippen molar-refractivity contribution in [2.24, 2.45) is 0 Å². The summed E-state index contributed by atoms with van der Waals surface area (Å²) >= 11 is 0. The standard InChI is InChI=1S/C24H51N.ClH/c1-5-8-11-14-15-16-17-20-23-25(4)24(21-18-12-9-6-2)22-19-13-10-7-3;/h24H,5-23H2,1-4H3;1H. The Bertz CT molecular complexity index is 232. The molecular weight excluding hydrogens is 338 g/mol. The lowest BCUT2D eigenvalue weighted by Gasteiger charge is -2.25. The molecule has 1 atom stereocenters. The number of quaternary nitrogens is 1. The predicted molar refractivity (Wildman–Crippen MR) is 116 cm³/mol. The first-order chi connectivity index (χ1) is 12.3. The molecular formula is C24H52ClN. The van der Waals surface area contributed by atoms with Crippen molar-refractivity contribution in [3.8, 4) is 0 Å². The summed E-state index contributed by atoms with van der Waals surface area (Å²) in [5.74, 6) is 0. The maximum absolute atomic E-state index is 2.48. The van der Waals surface area contributed by atoms with Gasteiger partial charge >= 0.3 is 0 Å². The largest absolute Gasteiger partial charge is 1.00 e. The van der Waals surface area contributed by atoms with Crippen LogP contribution < -0.4 is 17.3 Å². The highest BCUT2D eigenvalue weighted by Gasteiger charge is 2.17. The number of halogens is 1. The first kappa shape index (κ1) is 28.5. The summed E-state index contributed by atoms with van der Waals surface area (Å²) in [6.45, 7) is 8.35. The Hall–Kier alpha value is 0.250. The molecule has 0 aliphatic carbocycles. The van der Waals surface area contributed by atoms with E-state index in [0.717, 1.165) is 6.04 Å². The van der Waals surface area contributed by atoms with Crippen LogP contribution in [0.1, 0.15) is 136 Å². The van der Waals surface area contributed by atoms with Gasteiger partial charge in [-0.25, -0.2) is 0 Å². The lowest BCUT2D eigenvalue weighted by Crippen LogP contribution is -3.13. The van der Waals surface area contributed by atoms with Gasteiger partial charge in [0.05, 0.1) is 19.6 Å². The lowest BCUT2D eigenvalue weighted by molar-refractivity contribution is -0.907. The van der Waals surface area contributed by atoms with Crippen LogP contribution in [0.3, 0.4) is 0 Å². The summed E-state index contributed by atoms with van der Waals surface area (Å²) in [6.07, 6.45) is 25.9. The van der Waals surface area contributed by atoms with Gasteiger partial charge in [-0.2, -0.15) is 0 Å². The normalized spacial score (nSPS) is 12.3. The third-order valence-electron chi connectivity index (χ3n) is 5.93. The van der Waals surface area contributed by atoms with E-state index < -0.39 is 0 Å². The van der Waals surface area contributed by atoms with Crippen molar-refractivity contribution < 1.29 is 17.3 Å². The zero-order chi connectivity index (χ0) is 18.6. The van der Waals surface area contributed by atoms with E-state index in [1.807, 2.05) is 4.90 Å². The molecule has 0 amide bonds. The van der Waals surface area contributed by atoms with Gasteiger partial charge in [0.2, 0.25) is 0 Å². The topological polar surface area (TPSA) is 4.44 Å². The van der Waals surface area contributed by atoms with Gasteiger partial charge in [0, 0.05) is 0 Å². The molecule has 0 spiro atoms. The second-order valence-electron chi connectivity index (χ2n) is 8.47. The van der Waals surface area contributed by atoms with Crippen molar-refractivity contribution in [2.75, 3.05) is 13.6 Å². The highest BCUT2D eigenvalue weighted by molar-refractivity contribution is 4.58. The summed E-state index contributed by atoms with van der Waals surface area (Å²) in [5.41, 5.74) is 0. The van der Waals surface area contributed by atoms with Crippen LogP contribution in [0, 0.1) is 0 Å². The molecule has 0 radical (unpaired) electrons. The number of rotatable bonds is 20. The van der Waals surface area contributed by atoms with Gasteiger partial charge in [-0.05, 0) is 38.5 Å². The molecule has 2 heteroatoms. The minimum absolute atomic E-state index is 0. The van der Waals surface area contributed by atoms with Crippen molar-refractivity contribution in [1.82, 2.24) is 0 Å². The van der Waals surface area contributed by atoms with Crippen molar-refractivity contribution in [1.29, 1.82) is 0 Å². The highest BCUT2D eigenvalue weighted by atomic mass is 35.5. The smallest absolute Gasteiger partial charge is 0.0872 e. The Morgan fingerprint density at radius 3 is 1.27 bits per heavy atom. The van der Waals surface area contributed by atoms with Gasteiger partial charge in [-0.3, -0.25) is 0 Å². The fourth-order valence-electron chi connectivity index (χ4n) is 4.01. The molecule has 1 unspecified atom stereocenters. The van der Waals surface area contributed by atoms with E-state index in [9.17, 15) is 0 Å². The van der Waals surface area contributed by atoms with Crippen LogP contribution in [0.2, 0.25) is 0 Å². The quantitative estimate of drug-likeness (QED) is 0.300. The number of nitrogens with one attached hydrogen (secondary N) is 1. The minimum Gasteiger partial charge on any atom is -1.00 e. The van der Waals surface area contributed by atoms with E-state index in [1.54, 1.807) is 0 Å². The van der Waals surface area contributed by atoms with E-state index in [4.69, 9.17) is 0 Å². The van der Waals surface area contributed by atoms with Gasteiger partial charge in [0.15, 0.2) is 0 Å². The molecule has 0 heterocycles. The van der Waals surface area contributed by atoms with Crippen LogP contribution >= 0.6 is 0 Å². The van der Waals surface area contributed by atoms with Gasteiger partial charge in [0.25, 0.3) is 0 Å². The van der Waals surface area contributed by atoms with Crippen molar-refractivity contribution >= 4 is 0 Å². The minimum atomic E-state index is 0. The third-order valence-corrected chi connectivity index (χ3v) is 5.93. The van der Waals surface area contributed by atoms with Gasteiger partial charge < -0.3 is 17.3 Å².